The van der Waals surface area contributed by atoms with Crippen molar-refractivity contribution < 1.29 is 88.1 Å². The van der Waals surface area contributed by atoms with Gasteiger partial charge in [-0.25, -0.2) is 14.4 Å². The van der Waals surface area contributed by atoms with E-state index >= 15 is 0 Å². The number of anilines is 2. The summed E-state index contributed by atoms with van der Waals surface area (Å²) in [5.41, 5.74) is 11.8. The second kappa shape index (κ2) is 63.8. The molecule has 0 aliphatic rings. The summed E-state index contributed by atoms with van der Waals surface area (Å²) in [6.45, 7) is 7.61. The molecule has 0 spiro atoms. The number of aromatic carboxylic acids is 1. The van der Waals surface area contributed by atoms with Gasteiger partial charge in [-0.1, -0.05) is 257 Å². The molecule has 0 aliphatic heterocycles. The number of alkyl halides is 10. The molecule has 0 bridgehead atoms. The smallest absolute Gasteiger partial charge is 0.478 e. The van der Waals surface area contributed by atoms with Crippen LogP contribution in [0.5, 0.6) is 5.75 Å². The van der Waals surface area contributed by atoms with Crippen LogP contribution in [0.15, 0.2) is 176 Å². The number of nitro benzene ring substituents is 3. The minimum atomic E-state index is -5.82. The van der Waals surface area contributed by atoms with Gasteiger partial charge in [-0.3, -0.25) is 35.3 Å². The molecule has 511 valence electrons. The molecule has 20 nitrogen and oxygen atoms in total. The number of nitro groups is 3. The van der Waals surface area contributed by atoms with Gasteiger partial charge < -0.3 is 52.8 Å². The molecule has 7 rings (SSSR count). The van der Waals surface area contributed by atoms with E-state index in [1.807, 2.05) is 115 Å². The number of hydrogen-bond donors (Lipinski definition) is 3. The largest absolute Gasteiger partial charge is 0.534 e. The zero-order valence-corrected chi connectivity index (χ0v) is 68.4. The first-order valence-corrected chi connectivity index (χ1v) is 37.7. The quantitative estimate of drug-likeness (QED) is 0.0146. The fourth-order valence-electron chi connectivity index (χ4n) is 5.23. The van der Waals surface area contributed by atoms with Crippen molar-refractivity contribution in [3.05, 3.63) is 250 Å². The number of carboxylic acid groups (broad SMARTS) is 1. The zero-order valence-electron chi connectivity index (χ0n) is 48.9. The van der Waals surface area contributed by atoms with E-state index in [2.05, 4.69) is 177 Å². The van der Waals surface area contributed by atoms with Crippen molar-refractivity contribution in [3.8, 4) is 5.75 Å². The molecule has 92 heavy (non-hydrogen) atoms. The minimum absolute atomic E-state index is 0. The number of nitrogens with zero attached hydrogens (tertiary/aromatic N) is 3. The van der Waals surface area contributed by atoms with Gasteiger partial charge in [0.05, 0.1) is 54.2 Å². The summed E-state index contributed by atoms with van der Waals surface area (Å²) in [6, 6.07) is 46.6. The van der Waals surface area contributed by atoms with Crippen molar-refractivity contribution in [3.63, 3.8) is 0 Å². The maximum atomic E-state index is 11.9. The SMILES string of the molecule is C.C.CI.CI.COC(=O)c1cccc(C)c1.COC(=O)c1ccccc1.Cc1cccc(N)c1.Cc1cccc([N+](=O)[O-])c1.Cc1cccc([N+](=O)[O-])c1.IC(I)I.ICI.Nc1cccc(C(=O)O)c1.O=[N+]([O-])c1cccc(OS(=O)(=O)C(F)(F)F)c1.[CH2-]I.[V]. The van der Waals surface area contributed by atoms with Crippen LogP contribution in [0.25, 0.3) is 0 Å². The third-order valence-corrected chi connectivity index (χ3v) is 9.73. The van der Waals surface area contributed by atoms with Crippen molar-refractivity contribution in [2.75, 3.05) is 38.0 Å². The molecular formula is C59H71F3I8N5O15SV-. The molecule has 0 saturated carbocycles. The number of carbonyl (C=O) groups is 3. The van der Waals surface area contributed by atoms with Crippen LogP contribution in [-0.2, 0) is 38.1 Å². The minimum Gasteiger partial charge on any atom is -0.478 e. The molecular weight excluding hydrogens is 2170 g/mol. The molecule has 0 atom stereocenters. The Morgan fingerprint density at radius 1 is 0.533 bits per heavy atom. The number of benzene rings is 7. The van der Waals surface area contributed by atoms with Crippen LogP contribution in [0.1, 0.15) is 68.2 Å². The Balaban J connectivity index is -0.000000145. The Bertz CT molecular complexity index is 3110. The monoisotopic (exact) mass is 2240 g/mol. The fraction of sp³-hybridized carbons (Fsp3) is 0.220. The molecule has 0 amide bonds. The second-order valence-corrected chi connectivity index (χ2v) is 32.2. The van der Waals surface area contributed by atoms with Gasteiger partial charge in [-0.2, -0.15) is 21.6 Å². The van der Waals surface area contributed by atoms with Gasteiger partial charge in [-0.05, 0) is 115 Å². The van der Waals surface area contributed by atoms with E-state index in [0.717, 1.165) is 40.5 Å². The number of esters is 2. The van der Waals surface area contributed by atoms with Crippen LogP contribution in [0.2, 0.25) is 0 Å². The Labute approximate surface area is 658 Å². The molecule has 0 aliphatic carbocycles. The van der Waals surface area contributed by atoms with Gasteiger partial charge in [0.15, 0.2) is 0 Å². The first-order chi connectivity index (χ1) is 41.7. The van der Waals surface area contributed by atoms with E-state index in [1.54, 1.807) is 72.8 Å². The number of methoxy groups -OCH3 is 2. The number of nitrogen functional groups attached to an aromatic ring is 2. The molecule has 5 N–H and O–H groups in total. The van der Waals surface area contributed by atoms with E-state index in [9.17, 15) is 66.3 Å². The number of non-ortho nitro benzene ring substituents is 3. The third kappa shape index (κ3) is 55.9. The van der Waals surface area contributed by atoms with Crippen LogP contribution in [0.4, 0.5) is 41.6 Å². The maximum Gasteiger partial charge on any atom is 0.534 e. The van der Waals surface area contributed by atoms with Crippen molar-refractivity contribution >= 4 is 237 Å². The first kappa shape index (κ1) is 105. The Morgan fingerprint density at radius 2 is 0.826 bits per heavy atom. The van der Waals surface area contributed by atoms with Crippen molar-refractivity contribution in [1.82, 2.24) is 0 Å². The number of hydrogen-bond acceptors (Lipinski definition) is 16. The normalized spacial score (nSPS) is 8.92. The summed E-state index contributed by atoms with van der Waals surface area (Å²) in [7, 11) is -3.07. The van der Waals surface area contributed by atoms with E-state index in [-0.39, 0.29) is 62.3 Å². The van der Waals surface area contributed by atoms with Gasteiger partial charge in [0, 0.05) is 60.3 Å². The summed E-state index contributed by atoms with van der Waals surface area (Å²) in [5.74, 6) is -2.31. The molecule has 7 aromatic rings. The molecule has 0 fully saturated rings. The van der Waals surface area contributed by atoms with Gasteiger partial charge in [-0.15, -0.1) is 0 Å². The number of carbonyl (C=O) groups excluding carboxylic acids is 2. The molecule has 0 saturated heterocycles. The number of rotatable bonds is 8. The van der Waals surface area contributed by atoms with Gasteiger partial charge in [0.25, 0.3) is 17.1 Å². The number of ether oxygens (including phenoxy) is 2. The van der Waals surface area contributed by atoms with Crippen LogP contribution in [0, 0.1) is 63.0 Å². The van der Waals surface area contributed by atoms with E-state index in [4.69, 9.17) is 16.6 Å². The summed E-state index contributed by atoms with van der Waals surface area (Å²) in [6.07, 6.45) is 0. The van der Waals surface area contributed by atoms with Crippen LogP contribution in [-0.4, -0.2) is 78.2 Å². The molecule has 0 unspecified atom stereocenters. The van der Waals surface area contributed by atoms with Crippen molar-refractivity contribution in [2.24, 2.45) is 0 Å². The molecule has 33 heteroatoms. The predicted molar refractivity (Wildman–Crippen MR) is 430 cm³/mol. The Morgan fingerprint density at radius 3 is 1.11 bits per heavy atom. The van der Waals surface area contributed by atoms with E-state index in [0.29, 0.717) is 22.9 Å². The maximum absolute atomic E-state index is 11.9. The average Bonchev–Trinajstić information content (AvgIpc) is 0.846. The zero-order chi connectivity index (χ0) is 69.9. The average molecular weight is 2250 g/mol. The number of nitrogens with two attached hydrogens (primary N) is 2. The van der Waals surface area contributed by atoms with E-state index < -0.39 is 47.8 Å². The van der Waals surface area contributed by atoms with Crippen molar-refractivity contribution in [1.29, 1.82) is 0 Å². The van der Waals surface area contributed by atoms with Crippen LogP contribution >= 0.6 is 181 Å². The number of carboxylic acids is 1. The van der Waals surface area contributed by atoms with E-state index in [1.165, 1.54) is 46.5 Å². The summed E-state index contributed by atoms with van der Waals surface area (Å²) in [4.78, 5) is 68.1. The van der Waals surface area contributed by atoms with Crippen LogP contribution < -0.4 is 15.7 Å². The second-order valence-electron chi connectivity index (χ2n) is 15.3. The standard InChI is InChI=1S/C9H10O2.C8H8O2.C7H4F3NO5S.3C7H7NO2.C7H9N.CHI3.CH2I2.2CH3I.CH2I.2CH4.V/c1-7-4-3-5-8(6-7)9(10)11-2;1-10-8(9)7-5-3-2-4-6-7;8-7(9,10)17(14,15)16-6-3-1-2-5(4-6)11(12)13;2*1-6-3-2-4-7(5-6)8(9)10;8-6-3-1-2-5(4-6)7(9)10;1-6-3-2-4-7(8)5-6;2-1(3)4;2-1-3;3*1-2;;;/h3-6H,1-2H3;2-6H,1H3;1-4H;2*2-5H,1H3;1-4H,8H2,(H,9,10);2-5H,8H2,1H3;1H;1H2;2*1H3;1H2;2*1H4;/q;;;;;;;;;;;-1;;;. The molecule has 1 radical (unpaired) electrons. The Hall–Kier alpha value is -3.29. The summed E-state index contributed by atoms with van der Waals surface area (Å²) >= 11 is 17.7. The molecule has 7 aromatic carbocycles. The third-order valence-electron chi connectivity index (χ3n) is 8.75. The van der Waals surface area contributed by atoms with Gasteiger partial charge in [0.2, 0.25) is 0 Å². The predicted octanol–water partition coefficient (Wildman–Crippen LogP) is 20.4. The molecule has 0 heterocycles. The molecule has 0 aromatic heterocycles. The first-order valence-electron chi connectivity index (χ1n) is 23.7. The van der Waals surface area contributed by atoms with Gasteiger partial charge in [0.1, 0.15) is 5.69 Å². The number of aryl methyl sites for hydroxylation is 4. The van der Waals surface area contributed by atoms with Gasteiger partial charge >= 0.3 is 33.5 Å². The topological polar surface area (TPSA) is 315 Å². The summed E-state index contributed by atoms with van der Waals surface area (Å²) in [5, 5.41) is 39.1. The van der Waals surface area contributed by atoms with Crippen molar-refractivity contribution in [2.45, 2.75) is 48.0 Å². The number of halogens is 11. The summed E-state index contributed by atoms with van der Waals surface area (Å²) < 4.78 is 71.6. The fourth-order valence-corrected chi connectivity index (χ4v) is 5.68. The van der Waals surface area contributed by atoms with Crippen LogP contribution in [0.3, 0.4) is 0 Å². The Kier molecular flexibility index (Phi) is 72.6.